The first-order valence-corrected chi connectivity index (χ1v) is 7.70. The maximum atomic E-state index is 12.8. The van der Waals surface area contributed by atoms with Crippen LogP contribution in [-0.4, -0.2) is 22.8 Å². The molecule has 0 N–H and O–H groups in total. The summed E-state index contributed by atoms with van der Waals surface area (Å²) in [5.74, 6) is -0.284. The summed E-state index contributed by atoms with van der Waals surface area (Å²) in [6.07, 6.45) is -4.32. The van der Waals surface area contributed by atoms with E-state index in [1.807, 2.05) is 0 Å². The Morgan fingerprint density at radius 2 is 2.10 bits per heavy atom. The number of carbonyl (C=O) groups excluding carboxylic acids is 2. The second-order valence-corrected chi connectivity index (χ2v) is 6.94. The normalized spacial score (nSPS) is 19.2. The smallest absolute Gasteiger partial charge is 0.310 e. The van der Waals surface area contributed by atoms with E-state index in [-0.39, 0.29) is 34.9 Å². The molecule has 1 aliphatic rings. The Labute approximate surface area is 132 Å². The Morgan fingerprint density at radius 1 is 1.43 bits per heavy atom. The van der Waals surface area contributed by atoms with Crippen LogP contribution in [0.25, 0.3) is 0 Å². The molecule has 1 amide bonds. The van der Waals surface area contributed by atoms with Crippen molar-refractivity contribution in [1.29, 1.82) is 0 Å². The van der Waals surface area contributed by atoms with E-state index in [1.54, 1.807) is 0 Å². The molecule has 114 valence electrons. The molecule has 1 unspecified atom stereocenters. The minimum Gasteiger partial charge on any atom is -0.310 e. The molecule has 0 spiro atoms. The van der Waals surface area contributed by atoms with Gasteiger partial charge < -0.3 is 4.90 Å². The number of benzene rings is 1. The molecule has 1 heterocycles. The van der Waals surface area contributed by atoms with Gasteiger partial charge >= 0.3 is 6.18 Å². The van der Waals surface area contributed by atoms with Crippen molar-refractivity contribution in [3.05, 3.63) is 28.2 Å². The van der Waals surface area contributed by atoms with Gasteiger partial charge in [-0.25, -0.2) is 0 Å². The number of amides is 1. The van der Waals surface area contributed by atoms with Gasteiger partial charge in [-0.15, -0.1) is 0 Å². The standard InChI is InChI=1S/C13H11BrF3NO2S/c1-7(19)21-9-5-12(20)18(6-9)11-4-8(13(15,16)17)2-3-10(11)14/h2-4,9H,5-6H2,1H3. The van der Waals surface area contributed by atoms with Crippen LogP contribution in [0.4, 0.5) is 18.9 Å². The van der Waals surface area contributed by atoms with Gasteiger partial charge in [0, 0.05) is 29.6 Å². The van der Waals surface area contributed by atoms with Crippen molar-refractivity contribution in [3.8, 4) is 0 Å². The Morgan fingerprint density at radius 3 is 2.67 bits per heavy atom. The number of carbonyl (C=O) groups is 2. The van der Waals surface area contributed by atoms with Crippen LogP contribution >= 0.6 is 27.7 Å². The van der Waals surface area contributed by atoms with Crippen LogP contribution in [0.3, 0.4) is 0 Å². The molecule has 0 saturated carbocycles. The lowest BCUT2D eigenvalue weighted by molar-refractivity contribution is -0.137. The summed E-state index contributed by atoms with van der Waals surface area (Å²) in [5.41, 5.74) is -0.627. The molecule has 1 aliphatic heterocycles. The Kier molecular flexibility index (Phi) is 4.67. The highest BCUT2D eigenvalue weighted by Gasteiger charge is 2.35. The van der Waals surface area contributed by atoms with Crippen molar-refractivity contribution in [2.45, 2.75) is 24.8 Å². The lowest BCUT2D eigenvalue weighted by Gasteiger charge is -2.20. The highest BCUT2D eigenvalue weighted by atomic mass is 79.9. The molecule has 1 atom stereocenters. The third kappa shape index (κ3) is 3.79. The van der Waals surface area contributed by atoms with Crippen molar-refractivity contribution < 1.29 is 22.8 Å². The summed E-state index contributed by atoms with van der Waals surface area (Å²) in [7, 11) is 0. The van der Waals surface area contributed by atoms with Crippen LogP contribution in [0.2, 0.25) is 0 Å². The summed E-state index contributed by atoms with van der Waals surface area (Å²) >= 11 is 4.21. The summed E-state index contributed by atoms with van der Waals surface area (Å²) < 4.78 is 38.7. The molecule has 0 radical (unpaired) electrons. The number of nitrogens with zero attached hydrogens (tertiary/aromatic N) is 1. The maximum Gasteiger partial charge on any atom is 0.416 e. The first-order valence-electron chi connectivity index (χ1n) is 6.03. The van der Waals surface area contributed by atoms with Gasteiger partial charge in [0.25, 0.3) is 0 Å². The fourth-order valence-electron chi connectivity index (χ4n) is 2.12. The highest BCUT2D eigenvalue weighted by Crippen LogP contribution is 2.38. The van der Waals surface area contributed by atoms with Gasteiger partial charge in [-0.2, -0.15) is 13.2 Å². The third-order valence-corrected chi connectivity index (χ3v) is 4.64. The maximum absolute atomic E-state index is 12.8. The van der Waals surface area contributed by atoms with Gasteiger partial charge in [0.2, 0.25) is 5.91 Å². The van der Waals surface area contributed by atoms with E-state index in [2.05, 4.69) is 15.9 Å². The molecular weight excluding hydrogens is 371 g/mol. The van der Waals surface area contributed by atoms with Crippen LogP contribution in [0.5, 0.6) is 0 Å². The van der Waals surface area contributed by atoms with Gasteiger partial charge in [-0.3, -0.25) is 9.59 Å². The van der Waals surface area contributed by atoms with Crippen LogP contribution in [0.1, 0.15) is 18.9 Å². The topological polar surface area (TPSA) is 37.4 Å². The molecule has 0 aliphatic carbocycles. The molecule has 21 heavy (non-hydrogen) atoms. The highest BCUT2D eigenvalue weighted by molar-refractivity contribution is 9.10. The van der Waals surface area contributed by atoms with E-state index < -0.39 is 11.7 Å². The van der Waals surface area contributed by atoms with Crippen LogP contribution in [0.15, 0.2) is 22.7 Å². The fourth-order valence-corrected chi connectivity index (χ4v) is 3.50. The number of rotatable bonds is 2. The Balaban J connectivity index is 2.29. The predicted octanol–water partition coefficient (Wildman–Crippen LogP) is 3.85. The van der Waals surface area contributed by atoms with Crippen LogP contribution in [-0.2, 0) is 15.8 Å². The minimum absolute atomic E-state index is 0.113. The van der Waals surface area contributed by atoms with E-state index in [1.165, 1.54) is 17.9 Å². The molecule has 1 saturated heterocycles. The number of halogens is 4. The van der Waals surface area contributed by atoms with Gasteiger partial charge in [0.1, 0.15) is 0 Å². The van der Waals surface area contributed by atoms with Gasteiger partial charge in [0.15, 0.2) is 5.12 Å². The average Bonchev–Trinajstić information content (AvgIpc) is 2.68. The van der Waals surface area contributed by atoms with Crippen molar-refractivity contribution in [2.24, 2.45) is 0 Å². The van der Waals surface area contributed by atoms with Crippen LogP contribution < -0.4 is 4.90 Å². The number of anilines is 1. The first kappa shape index (κ1) is 16.4. The van der Waals surface area contributed by atoms with Crippen molar-refractivity contribution >= 4 is 44.4 Å². The fraction of sp³-hybridized carbons (Fsp3) is 0.385. The number of hydrogen-bond acceptors (Lipinski definition) is 3. The van der Waals surface area contributed by atoms with E-state index in [0.717, 1.165) is 23.9 Å². The van der Waals surface area contributed by atoms with E-state index >= 15 is 0 Å². The zero-order valence-electron chi connectivity index (χ0n) is 10.9. The van der Waals surface area contributed by atoms with Crippen molar-refractivity contribution in [3.63, 3.8) is 0 Å². The van der Waals surface area contributed by atoms with Gasteiger partial charge in [-0.1, -0.05) is 11.8 Å². The largest absolute Gasteiger partial charge is 0.416 e. The zero-order valence-corrected chi connectivity index (χ0v) is 13.3. The van der Waals surface area contributed by atoms with Gasteiger partial charge in [-0.05, 0) is 34.1 Å². The molecular formula is C13H11BrF3NO2S. The molecule has 0 aromatic heterocycles. The van der Waals surface area contributed by atoms with Crippen molar-refractivity contribution in [1.82, 2.24) is 0 Å². The summed E-state index contributed by atoms with van der Waals surface area (Å²) in [5, 5.41) is -0.339. The van der Waals surface area contributed by atoms with E-state index in [9.17, 15) is 22.8 Å². The number of alkyl halides is 3. The molecule has 8 heteroatoms. The zero-order chi connectivity index (χ0) is 15.8. The lowest BCUT2D eigenvalue weighted by Crippen LogP contribution is -2.25. The SMILES string of the molecule is CC(=O)SC1CC(=O)N(c2cc(C(F)(F)F)ccc2Br)C1. The molecule has 1 aromatic rings. The number of hydrogen-bond donors (Lipinski definition) is 0. The lowest BCUT2D eigenvalue weighted by atomic mass is 10.2. The molecule has 1 aromatic carbocycles. The monoisotopic (exact) mass is 381 g/mol. The van der Waals surface area contributed by atoms with E-state index in [0.29, 0.717) is 4.47 Å². The summed E-state index contributed by atoms with van der Waals surface area (Å²) in [6.45, 7) is 1.63. The Bertz CT molecular complexity index is 591. The van der Waals surface area contributed by atoms with Crippen molar-refractivity contribution in [2.75, 3.05) is 11.4 Å². The quantitative estimate of drug-likeness (QED) is 0.780. The molecule has 3 nitrogen and oxygen atoms in total. The van der Waals surface area contributed by atoms with Gasteiger partial charge in [0.05, 0.1) is 11.3 Å². The average molecular weight is 382 g/mol. The second-order valence-electron chi connectivity index (χ2n) is 4.60. The predicted molar refractivity (Wildman–Crippen MR) is 78.2 cm³/mol. The minimum atomic E-state index is -4.47. The Hall–Kier alpha value is -1.02. The first-order chi connectivity index (χ1) is 9.68. The summed E-state index contributed by atoms with van der Waals surface area (Å²) in [6, 6.07) is 3.18. The van der Waals surface area contributed by atoms with E-state index in [4.69, 9.17) is 0 Å². The molecule has 1 fully saturated rings. The number of thioether (sulfide) groups is 1. The second kappa shape index (κ2) is 6.00. The third-order valence-electron chi connectivity index (χ3n) is 2.99. The van der Waals surface area contributed by atoms with Crippen LogP contribution in [0, 0.1) is 0 Å². The summed E-state index contributed by atoms with van der Waals surface area (Å²) in [4.78, 5) is 24.3. The molecule has 2 rings (SSSR count). The molecule has 0 bridgehead atoms.